The molecule has 1 atom stereocenters. The summed E-state index contributed by atoms with van der Waals surface area (Å²) < 4.78 is 0. The van der Waals surface area contributed by atoms with Gasteiger partial charge in [-0.15, -0.1) is 0 Å². The average molecular weight is 247 g/mol. The van der Waals surface area contributed by atoms with Crippen molar-refractivity contribution in [3.05, 3.63) is 39.4 Å². The van der Waals surface area contributed by atoms with Gasteiger partial charge in [-0.25, -0.2) is 0 Å². The van der Waals surface area contributed by atoms with E-state index in [9.17, 15) is 14.9 Å². The Bertz CT molecular complexity index is 520. The number of rotatable bonds is 4. The lowest BCUT2D eigenvalue weighted by Crippen LogP contribution is -2.33. The third kappa shape index (κ3) is 3.04. The van der Waals surface area contributed by atoms with E-state index in [1.807, 2.05) is 6.07 Å². The van der Waals surface area contributed by atoms with Crippen molar-refractivity contribution in [3.63, 3.8) is 0 Å². The standard InChI is InChI=1S/C12H13N3O3/c1-3-10(7-13)14-12(16)9-4-5-11(15(17)18)8(2)6-9/h4-6,10H,3H2,1-2H3,(H,14,16). The summed E-state index contributed by atoms with van der Waals surface area (Å²) >= 11 is 0. The van der Waals surface area contributed by atoms with Crippen LogP contribution in [-0.4, -0.2) is 16.9 Å². The van der Waals surface area contributed by atoms with Crippen molar-refractivity contribution < 1.29 is 9.72 Å². The fraction of sp³-hybridized carbons (Fsp3) is 0.333. The lowest BCUT2D eigenvalue weighted by Gasteiger charge is -2.09. The second-order valence-electron chi connectivity index (χ2n) is 3.82. The minimum Gasteiger partial charge on any atom is -0.336 e. The number of amides is 1. The number of hydrogen-bond donors (Lipinski definition) is 1. The second-order valence-corrected chi connectivity index (χ2v) is 3.82. The lowest BCUT2D eigenvalue weighted by molar-refractivity contribution is -0.385. The van der Waals surface area contributed by atoms with Crippen molar-refractivity contribution >= 4 is 11.6 Å². The van der Waals surface area contributed by atoms with Crippen molar-refractivity contribution in [3.8, 4) is 6.07 Å². The molecule has 94 valence electrons. The number of aryl methyl sites for hydroxylation is 1. The van der Waals surface area contributed by atoms with Crippen LogP contribution in [0.25, 0.3) is 0 Å². The Morgan fingerprint density at radius 1 is 1.61 bits per heavy atom. The fourth-order valence-corrected chi connectivity index (χ4v) is 1.47. The van der Waals surface area contributed by atoms with Gasteiger partial charge in [0.2, 0.25) is 0 Å². The summed E-state index contributed by atoms with van der Waals surface area (Å²) in [5.41, 5.74) is 0.698. The van der Waals surface area contributed by atoms with Crippen molar-refractivity contribution in [2.45, 2.75) is 26.3 Å². The first kappa shape index (κ1) is 13.6. The monoisotopic (exact) mass is 247 g/mol. The first-order valence-corrected chi connectivity index (χ1v) is 5.45. The predicted octanol–water partition coefficient (Wildman–Crippen LogP) is 1.94. The van der Waals surface area contributed by atoms with Crippen LogP contribution < -0.4 is 5.32 Å². The maximum Gasteiger partial charge on any atom is 0.272 e. The van der Waals surface area contributed by atoms with Crippen LogP contribution in [0.15, 0.2) is 18.2 Å². The van der Waals surface area contributed by atoms with Gasteiger partial charge in [-0.3, -0.25) is 14.9 Å². The van der Waals surface area contributed by atoms with E-state index in [0.29, 0.717) is 17.5 Å². The molecule has 1 aromatic carbocycles. The van der Waals surface area contributed by atoms with Gasteiger partial charge in [-0.05, 0) is 25.5 Å². The minimum absolute atomic E-state index is 0.0288. The van der Waals surface area contributed by atoms with E-state index in [4.69, 9.17) is 5.26 Å². The Morgan fingerprint density at radius 2 is 2.28 bits per heavy atom. The number of nitro groups is 1. The molecule has 1 unspecified atom stereocenters. The molecule has 0 fully saturated rings. The molecule has 0 aliphatic carbocycles. The molecule has 18 heavy (non-hydrogen) atoms. The summed E-state index contributed by atoms with van der Waals surface area (Å²) in [7, 11) is 0. The lowest BCUT2D eigenvalue weighted by atomic mass is 10.1. The zero-order valence-corrected chi connectivity index (χ0v) is 10.1. The fourth-order valence-electron chi connectivity index (χ4n) is 1.47. The number of nitro benzene ring substituents is 1. The molecule has 0 heterocycles. The van der Waals surface area contributed by atoms with Gasteiger partial charge in [0, 0.05) is 17.2 Å². The molecule has 0 radical (unpaired) electrons. The van der Waals surface area contributed by atoms with Crippen LogP contribution in [0.4, 0.5) is 5.69 Å². The highest BCUT2D eigenvalue weighted by Crippen LogP contribution is 2.18. The molecule has 0 aliphatic rings. The van der Waals surface area contributed by atoms with Crippen molar-refractivity contribution in [2.75, 3.05) is 0 Å². The molecule has 1 rings (SSSR count). The Hall–Kier alpha value is -2.42. The summed E-state index contributed by atoms with van der Waals surface area (Å²) in [4.78, 5) is 21.9. The Balaban J connectivity index is 2.92. The minimum atomic E-state index is -0.548. The second kappa shape index (κ2) is 5.77. The molecule has 1 aromatic rings. The number of nitrogens with zero attached hydrogens (tertiary/aromatic N) is 2. The van der Waals surface area contributed by atoms with Crippen LogP contribution in [0.5, 0.6) is 0 Å². The molecule has 0 aliphatic heterocycles. The molecular weight excluding hydrogens is 234 g/mol. The molecule has 6 heteroatoms. The molecule has 0 spiro atoms. The SMILES string of the molecule is CCC(C#N)NC(=O)c1ccc([N+](=O)[O-])c(C)c1. The topological polar surface area (TPSA) is 96.0 Å². The number of benzene rings is 1. The molecule has 0 saturated heterocycles. The highest BCUT2D eigenvalue weighted by molar-refractivity contribution is 5.95. The number of nitriles is 1. The summed E-state index contributed by atoms with van der Waals surface area (Å²) in [5, 5.41) is 21.9. The van der Waals surface area contributed by atoms with Gasteiger partial charge < -0.3 is 5.32 Å². The molecule has 0 aromatic heterocycles. The van der Waals surface area contributed by atoms with Gasteiger partial charge in [0.15, 0.2) is 0 Å². The quantitative estimate of drug-likeness (QED) is 0.649. The van der Waals surface area contributed by atoms with Crippen LogP contribution in [0.2, 0.25) is 0 Å². The third-order valence-electron chi connectivity index (χ3n) is 2.53. The van der Waals surface area contributed by atoms with Crippen molar-refractivity contribution in [1.82, 2.24) is 5.32 Å². The van der Waals surface area contributed by atoms with Crippen LogP contribution in [0, 0.1) is 28.4 Å². The Morgan fingerprint density at radius 3 is 2.72 bits per heavy atom. The number of nitrogens with one attached hydrogen (secondary N) is 1. The van der Waals surface area contributed by atoms with Crippen molar-refractivity contribution in [2.24, 2.45) is 0 Å². The maximum atomic E-state index is 11.8. The first-order chi connectivity index (χ1) is 8.49. The van der Waals surface area contributed by atoms with Gasteiger partial charge in [-0.2, -0.15) is 5.26 Å². The number of hydrogen-bond acceptors (Lipinski definition) is 4. The summed E-state index contributed by atoms with van der Waals surface area (Å²) in [5.74, 6) is -0.401. The number of carbonyl (C=O) groups is 1. The van der Waals surface area contributed by atoms with E-state index in [1.165, 1.54) is 18.2 Å². The highest BCUT2D eigenvalue weighted by atomic mass is 16.6. The molecule has 0 bridgehead atoms. The van der Waals surface area contributed by atoms with E-state index >= 15 is 0 Å². The van der Waals surface area contributed by atoms with E-state index in [0.717, 1.165) is 0 Å². The summed E-state index contributed by atoms with van der Waals surface area (Å²) in [6, 6.07) is 5.52. The molecule has 1 amide bonds. The summed E-state index contributed by atoms with van der Waals surface area (Å²) in [6.45, 7) is 3.35. The van der Waals surface area contributed by atoms with E-state index < -0.39 is 16.9 Å². The van der Waals surface area contributed by atoms with Gasteiger partial charge in [0.1, 0.15) is 6.04 Å². The number of carbonyl (C=O) groups excluding carboxylic acids is 1. The van der Waals surface area contributed by atoms with E-state index in [2.05, 4.69) is 5.32 Å². The van der Waals surface area contributed by atoms with Crippen LogP contribution >= 0.6 is 0 Å². The molecular formula is C12H13N3O3. The Kier molecular flexibility index (Phi) is 4.38. The van der Waals surface area contributed by atoms with Crippen LogP contribution in [0.1, 0.15) is 29.3 Å². The van der Waals surface area contributed by atoms with Gasteiger partial charge in [0.05, 0.1) is 11.0 Å². The molecule has 0 saturated carbocycles. The Labute approximate surface area is 104 Å². The first-order valence-electron chi connectivity index (χ1n) is 5.45. The van der Waals surface area contributed by atoms with Gasteiger partial charge in [0.25, 0.3) is 11.6 Å². The van der Waals surface area contributed by atoms with Crippen molar-refractivity contribution in [1.29, 1.82) is 5.26 Å². The van der Waals surface area contributed by atoms with Crippen LogP contribution in [0.3, 0.4) is 0 Å². The molecule has 1 N–H and O–H groups in total. The third-order valence-corrected chi connectivity index (χ3v) is 2.53. The molecule has 6 nitrogen and oxygen atoms in total. The van der Waals surface area contributed by atoms with E-state index in [1.54, 1.807) is 13.8 Å². The van der Waals surface area contributed by atoms with Gasteiger partial charge >= 0.3 is 0 Å². The zero-order chi connectivity index (χ0) is 13.7. The van der Waals surface area contributed by atoms with Crippen LogP contribution in [-0.2, 0) is 0 Å². The van der Waals surface area contributed by atoms with E-state index in [-0.39, 0.29) is 5.69 Å². The normalized spacial score (nSPS) is 11.4. The summed E-state index contributed by atoms with van der Waals surface area (Å²) in [6.07, 6.45) is 0.508. The average Bonchev–Trinajstić information content (AvgIpc) is 2.34. The smallest absolute Gasteiger partial charge is 0.272 e. The maximum absolute atomic E-state index is 11.8. The zero-order valence-electron chi connectivity index (χ0n) is 10.1. The predicted molar refractivity (Wildman–Crippen MR) is 65.0 cm³/mol. The highest BCUT2D eigenvalue weighted by Gasteiger charge is 2.15. The van der Waals surface area contributed by atoms with Gasteiger partial charge in [-0.1, -0.05) is 6.92 Å². The largest absolute Gasteiger partial charge is 0.336 e.